The molecule has 3 aromatic carbocycles. The first-order valence-corrected chi connectivity index (χ1v) is 17.1. The van der Waals surface area contributed by atoms with E-state index in [2.05, 4.69) is 25.2 Å². The maximum atomic E-state index is 13.7. The number of alkyl halides is 6. The van der Waals surface area contributed by atoms with Gasteiger partial charge in [-0.15, -0.1) is 0 Å². The van der Waals surface area contributed by atoms with Gasteiger partial charge < -0.3 is 4.90 Å². The number of hydrogen-bond acceptors (Lipinski definition) is 8. The Balaban J connectivity index is 0.933. The van der Waals surface area contributed by atoms with E-state index < -0.39 is 41.6 Å². The minimum Gasteiger partial charge on any atom is -0.354 e. The number of imidazole rings is 1. The number of amides is 3. The first-order valence-electron chi connectivity index (χ1n) is 17.1. The van der Waals surface area contributed by atoms with Crippen LogP contribution in [0.4, 0.5) is 37.8 Å². The van der Waals surface area contributed by atoms with Crippen molar-refractivity contribution in [2.24, 2.45) is 0 Å². The maximum Gasteiger partial charge on any atom is 0.434 e. The van der Waals surface area contributed by atoms with Crippen molar-refractivity contribution in [3.8, 4) is 5.95 Å². The fraction of sp³-hybridized carbons (Fsp3) is 0.297. The van der Waals surface area contributed by atoms with E-state index in [9.17, 15) is 40.7 Å². The highest BCUT2D eigenvalue weighted by molar-refractivity contribution is 6.27. The van der Waals surface area contributed by atoms with Crippen molar-refractivity contribution in [3.63, 3.8) is 0 Å². The number of rotatable bonds is 7. The van der Waals surface area contributed by atoms with Gasteiger partial charge in [-0.3, -0.25) is 34.1 Å². The lowest BCUT2D eigenvalue weighted by Crippen LogP contribution is -2.53. The van der Waals surface area contributed by atoms with Gasteiger partial charge in [0.1, 0.15) is 18.2 Å². The SMILES string of the molecule is O=C1CCC(N2C(=O)c3cccc4c(Cc5ccc(CN6CCN(c7cc(C(F)(F)F)nc(-n8cnc(C(F)(F)F)c8)n7)CC6)cc5)ccc2c34)C(=O)N1. The third-order valence-electron chi connectivity index (χ3n) is 9.95. The summed E-state index contributed by atoms with van der Waals surface area (Å²) in [6.45, 7) is 2.25. The highest BCUT2D eigenvalue weighted by Gasteiger charge is 2.41. The molecule has 2 aromatic heterocycles. The van der Waals surface area contributed by atoms with E-state index in [-0.39, 0.29) is 30.5 Å². The summed E-state index contributed by atoms with van der Waals surface area (Å²) >= 11 is 0. The molecule has 5 heterocycles. The minimum atomic E-state index is -4.85. The van der Waals surface area contributed by atoms with Crippen molar-refractivity contribution in [1.29, 1.82) is 0 Å². The monoisotopic (exact) mass is 748 g/mol. The number of carbonyl (C=O) groups is 3. The van der Waals surface area contributed by atoms with Gasteiger partial charge in [0.25, 0.3) is 5.91 Å². The average molecular weight is 749 g/mol. The number of piperidine rings is 1. The van der Waals surface area contributed by atoms with Crippen LogP contribution in [0.2, 0.25) is 0 Å². The van der Waals surface area contributed by atoms with Crippen molar-refractivity contribution in [2.45, 2.75) is 44.2 Å². The van der Waals surface area contributed by atoms with E-state index in [1.54, 1.807) is 11.0 Å². The molecule has 0 aliphatic carbocycles. The second-order valence-electron chi connectivity index (χ2n) is 13.4. The molecule has 0 spiro atoms. The van der Waals surface area contributed by atoms with Crippen molar-refractivity contribution in [2.75, 3.05) is 36.0 Å². The van der Waals surface area contributed by atoms with Gasteiger partial charge in [0.2, 0.25) is 17.8 Å². The number of hydrogen-bond donors (Lipinski definition) is 1. The Hall–Kier alpha value is -5.84. The molecule has 1 atom stereocenters. The molecule has 0 saturated carbocycles. The molecule has 2 saturated heterocycles. The number of nitrogens with zero attached hydrogens (tertiary/aromatic N) is 7. The van der Waals surface area contributed by atoms with Gasteiger partial charge in [0.05, 0.1) is 5.69 Å². The fourth-order valence-electron chi connectivity index (χ4n) is 7.26. The smallest absolute Gasteiger partial charge is 0.354 e. The Morgan fingerprint density at radius 2 is 1.54 bits per heavy atom. The molecular formula is C37H30F6N8O3. The first-order chi connectivity index (χ1) is 25.7. The van der Waals surface area contributed by atoms with Gasteiger partial charge in [-0.05, 0) is 47.1 Å². The van der Waals surface area contributed by atoms with Gasteiger partial charge >= 0.3 is 12.4 Å². The average Bonchev–Trinajstić information content (AvgIpc) is 3.75. The maximum absolute atomic E-state index is 13.7. The van der Waals surface area contributed by atoms with Crippen LogP contribution >= 0.6 is 0 Å². The molecule has 8 rings (SSSR count). The molecule has 3 amide bonds. The Morgan fingerprint density at radius 3 is 2.22 bits per heavy atom. The highest BCUT2D eigenvalue weighted by atomic mass is 19.4. The molecule has 11 nitrogen and oxygen atoms in total. The topological polar surface area (TPSA) is 117 Å². The Morgan fingerprint density at radius 1 is 0.815 bits per heavy atom. The van der Waals surface area contributed by atoms with Gasteiger partial charge in [0, 0.05) is 62.4 Å². The minimum absolute atomic E-state index is 0.0466. The summed E-state index contributed by atoms with van der Waals surface area (Å²) in [6.07, 6.45) is -7.34. The summed E-state index contributed by atoms with van der Waals surface area (Å²) in [6, 6.07) is 17.5. The molecule has 5 aromatic rings. The zero-order chi connectivity index (χ0) is 37.9. The summed E-state index contributed by atoms with van der Waals surface area (Å²) < 4.78 is 81.2. The number of aromatic nitrogens is 4. The van der Waals surface area contributed by atoms with E-state index >= 15 is 0 Å². The Labute approximate surface area is 303 Å². The predicted octanol–water partition coefficient (Wildman–Crippen LogP) is 5.53. The molecule has 17 heteroatoms. The summed E-state index contributed by atoms with van der Waals surface area (Å²) in [5, 5.41) is 4.03. The molecule has 2 fully saturated rings. The van der Waals surface area contributed by atoms with Crippen molar-refractivity contribution < 1.29 is 40.7 Å². The molecule has 0 radical (unpaired) electrons. The van der Waals surface area contributed by atoms with Crippen LogP contribution in [0.25, 0.3) is 16.7 Å². The quantitative estimate of drug-likeness (QED) is 0.171. The zero-order valence-electron chi connectivity index (χ0n) is 28.3. The van der Waals surface area contributed by atoms with Crippen LogP contribution in [-0.4, -0.2) is 74.4 Å². The highest BCUT2D eigenvalue weighted by Crippen LogP contribution is 2.41. The van der Waals surface area contributed by atoms with Crippen molar-refractivity contribution in [1.82, 2.24) is 29.7 Å². The van der Waals surface area contributed by atoms with Crippen LogP contribution in [0, 0.1) is 0 Å². The van der Waals surface area contributed by atoms with Crippen molar-refractivity contribution in [3.05, 3.63) is 107 Å². The number of imide groups is 1. The Bertz CT molecular complexity index is 2300. The van der Waals surface area contributed by atoms with E-state index in [4.69, 9.17) is 0 Å². The number of piperazine rings is 1. The summed E-state index contributed by atoms with van der Waals surface area (Å²) in [5.74, 6) is -1.71. The van der Waals surface area contributed by atoms with E-state index in [0.717, 1.165) is 44.4 Å². The lowest BCUT2D eigenvalue weighted by molar-refractivity contribution is -0.142. The summed E-state index contributed by atoms with van der Waals surface area (Å²) in [7, 11) is 0. The third-order valence-corrected chi connectivity index (χ3v) is 9.95. The zero-order valence-corrected chi connectivity index (χ0v) is 28.3. The number of benzene rings is 3. The number of carbonyl (C=O) groups excluding carboxylic acids is 3. The van der Waals surface area contributed by atoms with E-state index in [0.29, 0.717) is 56.6 Å². The van der Waals surface area contributed by atoms with Gasteiger partial charge in [-0.2, -0.15) is 31.3 Å². The summed E-state index contributed by atoms with van der Waals surface area (Å²) in [4.78, 5) is 54.0. The molecular weight excluding hydrogens is 718 g/mol. The van der Waals surface area contributed by atoms with Crippen LogP contribution in [0.5, 0.6) is 0 Å². The lowest BCUT2D eigenvalue weighted by Gasteiger charge is -2.35. The predicted molar refractivity (Wildman–Crippen MR) is 183 cm³/mol. The standard InChI is InChI=1S/C37H30F6N8O3/c38-36(39,40)28-17-30(46-35(45-28)50-19-29(44-20-50)37(41,42)43)49-14-12-48(13-15-49)18-22-6-4-21(5-7-22)16-23-8-9-26-32-24(23)2-1-3-25(32)34(54)51(26)27-10-11-31(52)47-33(27)53/h1-9,17,19-20,27H,10-16,18H2,(H,47,52,53). The molecule has 54 heavy (non-hydrogen) atoms. The van der Waals surface area contributed by atoms with Crippen LogP contribution < -0.4 is 15.1 Å². The van der Waals surface area contributed by atoms with Crippen LogP contribution in [0.1, 0.15) is 51.3 Å². The summed E-state index contributed by atoms with van der Waals surface area (Å²) in [5.41, 5.74) is 1.70. The van der Waals surface area contributed by atoms with Crippen LogP contribution in [0.3, 0.4) is 0 Å². The lowest BCUT2D eigenvalue weighted by atomic mass is 9.95. The first kappa shape index (κ1) is 35.2. The van der Waals surface area contributed by atoms with Gasteiger partial charge in [-0.25, -0.2) is 9.97 Å². The third kappa shape index (κ3) is 6.63. The number of halogens is 6. The normalized spacial score (nSPS) is 18.2. The van der Waals surface area contributed by atoms with Gasteiger partial charge in [0.15, 0.2) is 11.4 Å². The van der Waals surface area contributed by atoms with E-state index in [1.165, 1.54) is 4.90 Å². The molecule has 3 aliphatic rings. The molecule has 1 unspecified atom stereocenters. The van der Waals surface area contributed by atoms with Gasteiger partial charge in [-0.1, -0.05) is 42.5 Å². The second-order valence-corrected chi connectivity index (χ2v) is 13.4. The number of nitrogens with one attached hydrogen (secondary N) is 1. The fourth-order valence-corrected chi connectivity index (χ4v) is 7.26. The molecule has 0 bridgehead atoms. The number of anilines is 2. The Kier molecular flexibility index (Phi) is 8.62. The largest absolute Gasteiger partial charge is 0.434 e. The van der Waals surface area contributed by atoms with Crippen molar-refractivity contribution >= 4 is 40.0 Å². The van der Waals surface area contributed by atoms with Crippen LogP contribution in [-0.2, 0) is 34.9 Å². The molecule has 3 aliphatic heterocycles. The second kappa shape index (κ2) is 13.2. The molecule has 278 valence electrons. The van der Waals surface area contributed by atoms with Crippen LogP contribution in [0.15, 0.2) is 73.2 Å². The molecule has 1 N–H and O–H groups in total. The van der Waals surface area contributed by atoms with E-state index in [1.807, 2.05) is 48.5 Å².